The fourth-order valence-corrected chi connectivity index (χ4v) is 1.16. The molecule has 0 unspecified atom stereocenters. The molecule has 130 valence electrons. The lowest BCUT2D eigenvalue weighted by Crippen LogP contribution is -2.80. The second kappa shape index (κ2) is 21.7. The highest BCUT2D eigenvalue weighted by molar-refractivity contribution is 5.87. The largest absolute Gasteiger partial charge is 0.466 e. The number of nitrogens with one attached hydrogen (secondary N) is 1. The molecule has 22 heavy (non-hydrogen) atoms. The molecule has 0 spiro atoms. The molecule has 0 aromatic heterocycles. The average Bonchev–Trinajstić information content (AvgIpc) is 2.57. The Hall–Kier alpha value is -1.62. The van der Waals surface area contributed by atoms with Crippen molar-refractivity contribution in [3.05, 3.63) is 23.9 Å². The molecule has 3 N–H and O–H groups in total. The van der Waals surface area contributed by atoms with Gasteiger partial charge in [0.05, 0.1) is 13.3 Å². The summed E-state index contributed by atoms with van der Waals surface area (Å²) in [5.41, 5.74) is 0.523. The zero-order chi connectivity index (χ0) is 17.8. The highest BCUT2D eigenvalue weighted by atomic mass is 16.5. The van der Waals surface area contributed by atoms with Crippen molar-refractivity contribution in [3.63, 3.8) is 0 Å². The Morgan fingerprint density at radius 2 is 1.77 bits per heavy atom. The number of hydrogen-bond acceptors (Lipinski definition) is 3. The number of rotatable bonds is 8. The fraction of sp³-hybridized carbons (Fsp3) is 0.647. The van der Waals surface area contributed by atoms with Gasteiger partial charge in [0.1, 0.15) is 0 Å². The molecule has 0 radical (unpaired) electrons. The minimum absolute atomic E-state index is 0.0155. The van der Waals surface area contributed by atoms with Gasteiger partial charge in [-0.25, -0.2) is 4.79 Å². The number of nitrogens with two attached hydrogens (primary N) is 1. The Labute approximate surface area is 136 Å². The van der Waals surface area contributed by atoms with Crippen LogP contribution in [0.2, 0.25) is 0 Å². The number of methoxy groups -OCH3 is 1. The van der Waals surface area contributed by atoms with Crippen molar-refractivity contribution in [2.45, 2.75) is 54.4 Å². The van der Waals surface area contributed by atoms with Crippen LogP contribution in [0, 0.1) is 0 Å². The molecule has 0 saturated heterocycles. The summed E-state index contributed by atoms with van der Waals surface area (Å²) >= 11 is 0. The first kappa shape index (κ1) is 25.3. The topological polar surface area (TPSA) is 72.0 Å². The maximum atomic E-state index is 11.3. The number of unbranched alkanes of at least 4 members (excludes halogenated alkanes) is 1. The van der Waals surface area contributed by atoms with Gasteiger partial charge >= 0.3 is 5.97 Å². The fourth-order valence-electron chi connectivity index (χ4n) is 1.16. The van der Waals surface area contributed by atoms with Crippen molar-refractivity contribution in [1.29, 1.82) is 0 Å². The molecule has 0 aliphatic carbocycles. The minimum atomic E-state index is -0.350. The third kappa shape index (κ3) is 18.4. The summed E-state index contributed by atoms with van der Waals surface area (Å²) in [5.74, 6) is -0.335. The normalized spacial score (nSPS) is 10.0. The van der Waals surface area contributed by atoms with Gasteiger partial charge in [-0.2, -0.15) is 0 Å². The lowest BCUT2D eigenvalue weighted by Gasteiger charge is -2.00. The number of quaternary nitrogens is 1. The molecule has 1 amide bonds. The van der Waals surface area contributed by atoms with Crippen molar-refractivity contribution in [2.75, 3.05) is 20.2 Å². The average molecular weight is 315 g/mol. The van der Waals surface area contributed by atoms with E-state index in [-0.39, 0.29) is 11.9 Å². The Bertz CT molecular complexity index is 324. The molecule has 0 heterocycles. The van der Waals surface area contributed by atoms with E-state index in [1.165, 1.54) is 7.11 Å². The van der Waals surface area contributed by atoms with Crippen LogP contribution in [-0.4, -0.2) is 32.1 Å². The van der Waals surface area contributed by atoms with E-state index in [1.807, 2.05) is 27.7 Å². The molecule has 0 fully saturated rings. The molecule has 5 heteroatoms. The van der Waals surface area contributed by atoms with Crippen molar-refractivity contribution in [2.24, 2.45) is 0 Å². The summed E-state index contributed by atoms with van der Waals surface area (Å²) in [6.07, 6.45) is 7.18. The predicted molar refractivity (Wildman–Crippen MR) is 92.3 cm³/mol. The van der Waals surface area contributed by atoms with Crippen LogP contribution in [0.25, 0.3) is 0 Å². The standard InChI is InChI=1S/C13H22N2O3.2C2H6/c1-4-5-9-15-12(16)10-14-8-6-7-11(2)13(17)18-3;2*1-2/h6-8,14H,4-5,9-10H2,1-3H3,(H,15,16);2*1-2H3/p+1/b8-6-,11-7+;;. The monoisotopic (exact) mass is 315 g/mol. The molecule has 0 atom stereocenters. The maximum Gasteiger partial charge on any atom is 0.333 e. The second-order valence-electron chi connectivity index (χ2n) is 3.87. The van der Waals surface area contributed by atoms with Crippen LogP contribution in [0.5, 0.6) is 0 Å². The number of carbonyl (C=O) groups excluding carboxylic acids is 2. The van der Waals surface area contributed by atoms with Crippen LogP contribution in [0.4, 0.5) is 0 Å². The number of allylic oxidation sites excluding steroid dienone is 2. The van der Waals surface area contributed by atoms with Gasteiger partial charge in [0.25, 0.3) is 5.91 Å². The maximum absolute atomic E-state index is 11.3. The van der Waals surface area contributed by atoms with Gasteiger partial charge in [-0.3, -0.25) is 4.79 Å². The highest BCUT2D eigenvalue weighted by Gasteiger charge is 2.01. The van der Waals surface area contributed by atoms with Crippen LogP contribution in [-0.2, 0) is 14.3 Å². The molecule has 0 bridgehead atoms. The van der Waals surface area contributed by atoms with Gasteiger partial charge in [-0.05, 0) is 25.5 Å². The van der Waals surface area contributed by atoms with E-state index < -0.39 is 0 Å². The number of hydrogen-bond donors (Lipinski definition) is 2. The summed E-state index contributed by atoms with van der Waals surface area (Å²) in [4.78, 5) is 22.3. The first-order chi connectivity index (χ1) is 10.6. The van der Waals surface area contributed by atoms with Crippen molar-refractivity contribution >= 4 is 11.9 Å². The Balaban J connectivity index is -0.000000826. The molecular formula is C17H35N2O3+. The first-order valence-corrected chi connectivity index (χ1v) is 8.13. The van der Waals surface area contributed by atoms with Gasteiger partial charge < -0.3 is 15.4 Å². The molecular weight excluding hydrogens is 280 g/mol. The van der Waals surface area contributed by atoms with E-state index >= 15 is 0 Å². The Morgan fingerprint density at radius 3 is 2.27 bits per heavy atom. The molecule has 0 aliphatic rings. The van der Waals surface area contributed by atoms with Crippen LogP contribution < -0.4 is 10.6 Å². The zero-order valence-electron chi connectivity index (χ0n) is 15.4. The van der Waals surface area contributed by atoms with E-state index in [4.69, 9.17) is 0 Å². The number of amides is 1. The molecule has 5 nitrogen and oxygen atoms in total. The Kier molecular flexibility index (Phi) is 25.0. The van der Waals surface area contributed by atoms with Gasteiger partial charge in [-0.1, -0.05) is 41.0 Å². The summed E-state index contributed by atoms with van der Waals surface area (Å²) < 4.78 is 4.55. The van der Waals surface area contributed by atoms with Crippen LogP contribution in [0.3, 0.4) is 0 Å². The first-order valence-electron chi connectivity index (χ1n) is 8.13. The summed E-state index contributed by atoms with van der Waals surface area (Å²) in [5, 5.41) is 4.57. The second-order valence-corrected chi connectivity index (χ2v) is 3.87. The lowest BCUT2D eigenvalue weighted by molar-refractivity contribution is -0.575. The molecule has 0 aromatic rings. The SMILES string of the molecule is CC.CC.CCCCNC(=O)C[NH2+]/C=C\C=C(/C)C(=O)OC. The molecule has 0 saturated carbocycles. The zero-order valence-corrected chi connectivity index (χ0v) is 15.4. The van der Waals surface area contributed by atoms with Crippen LogP contribution >= 0.6 is 0 Å². The molecule has 0 rings (SSSR count). The Morgan fingerprint density at radius 1 is 1.18 bits per heavy atom. The smallest absolute Gasteiger partial charge is 0.333 e. The van der Waals surface area contributed by atoms with Gasteiger partial charge in [0, 0.05) is 12.1 Å². The van der Waals surface area contributed by atoms with E-state index in [0.29, 0.717) is 12.1 Å². The van der Waals surface area contributed by atoms with E-state index in [9.17, 15) is 9.59 Å². The summed E-state index contributed by atoms with van der Waals surface area (Å²) in [6.45, 7) is 12.8. The van der Waals surface area contributed by atoms with E-state index in [1.54, 1.807) is 30.6 Å². The minimum Gasteiger partial charge on any atom is -0.466 e. The number of ether oxygens (including phenoxy) is 1. The van der Waals surface area contributed by atoms with Crippen LogP contribution in [0.1, 0.15) is 54.4 Å². The number of esters is 1. The van der Waals surface area contributed by atoms with Gasteiger partial charge in [0.2, 0.25) is 0 Å². The predicted octanol–water partition coefficient (Wildman–Crippen LogP) is 2.15. The number of carbonyl (C=O) groups is 2. The van der Waals surface area contributed by atoms with Crippen molar-refractivity contribution in [3.8, 4) is 0 Å². The lowest BCUT2D eigenvalue weighted by atomic mass is 10.3. The molecule has 0 aliphatic heterocycles. The van der Waals surface area contributed by atoms with Crippen molar-refractivity contribution in [1.82, 2.24) is 5.32 Å². The van der Waals surface area contributed by atoms with Gasteiger partial charge in [0.15, 0.2) is 6.54 Å². The molecule has 0 aromatic carbocycles. The van der Waals surface area contributed by atoms with Gasteiger partial charge in [-0.15, -0.1) is 0 Å². The van der Waals surface area contributed by atoms with Crippen LogP contribution in [0.15, 0.2) is 23.9 Å². The third-order valence-corrected chi connectivity index (χ3v) is 2.26. The highest BCUT2D eigenvalue weighted by Crippen LogP contribution is 1.94. The van der Waals surface area contributed by atoms with Crippen molar-refractivity contribution < 1.29 is 19.6 Å². The summed E-state index contributed by atoms with van der Waals surface area (Å²) in [7, 11) is 1.34. The third-order valence-electron chi connectivity index (χ3n) is 2.26. The van der Waals surface area contributed by atoms with E-state index in [0.717, 1.165) is 19.4 Å². The van der Waals surface area contributed by atoms with E-state index in [2.05, 4.69) is 17.0 Å². The quantitative estimate of drug-likeness (QED) is 0.312. The summed E-state index contributed by atoms with van der Waals surface area (Å²) in [6, 6.07) is 0.